The molecule has 0 unspecified atom stereocenters. The van der Waals surface area contributed by atoms with Crippen LogP contribution < -0.4 is 10.6 Å². The lowest BCUT2D eigenvalue weighted by molar-refractivity contribution is 0.262. The van der Waals surface area contributed by atoms with Crippen LogP contribution in [-0.2, 0) is 0 Å². The maximum Gasteiger partial charge on any atom is 0.326 e. The summed E-state index contributed by atoms with van der Waals surface area (Å²) in [5.74, 6) is 0.437. The van der Waals surface area contributed by atoms with Crippen molar-refractivity contribution in [3.63, 3.8) is 0 Å². The zero-order valence-electron chi connectivity index (χ0n) is 13.6. The first kappa shape index (κ1) is 16.4. The lowest BCUT2D eigenvalue weighted by Crippen LogP contribution is -2.22. The predicted octanol–water partition coefficient (Wildman–Crippen LogP) is 3.33. The van der Waals surface area contributed by atoms with Crippen molar-refractivity contribution in [3.05, 3.63) is 59.8 Å². The van der Waals surface area contributed by atoms with Gasteiger partial charge >= 0.3 is 6.03 Å². The van der Waals surface area contributed by atoms with Gasteiger partial charge in [0, 0.05) is 11.9 Å². The number of carbonyl (C=O) groups excluding carboxylic acids is 1. The van der Waals surface area contributed by atoms with Crippen LogP contribution >= 0.6 is 0 Å². The highest BCUT2D eigenvalue weighted by atomic mass is 19.1. The van der Waals surface area contributed by atoms with Crippen LogP contribution in [0.4, 0.5) is 20.8 Å². The van der Waals surface area contributed by atoms with Crippen LogP contribution in [-0.4, -0.2) is 26.0 Å². The summed E-state index contributed by atoms with van der Waals surface area (Å²) in [6.07, 6.45) is 1.63. The first-order valence-corrected chi connectivity index (χ1v) is 7.49. The minimum Gasteiger partial charge on any atom is -0.307 e. The molecule has 126 valence electrons. The summed E-state index contributed by atoms with van der Waals surface area (Å²) < 4.78 is 13.3. The van der Waals surface area contributed by atoms with Crippen molar-refractivity contribution in [2.45, 2.75) is 13.8 Å². The molecular formula is C17H15FN6O. The van der Waals surface area contributed by atoms with E-state index in [0.717, 1.165) is 5.56 Å². The number of amides is 2. The number of aryl methyl sites for hydroxylation is 2. The molecule has 0 atom stereocenters. The molecule has 0 radical (unpaired) electrons. The highest BCUT2D eigenvalue weighted by Gasteiger charge is 2.11. The van der Waals surface area contributed by atoms with E-state index in [1.54, 1.807) is 38.2 Å². The van der Waals surface area contributed by atoms with Gasteiger partial charge in [-0.25, -0.2) is 14.2 Å². The Kier molecular flexibility index (Phi) is 4.60. The molecule has 0 saturated heterocycles. The number of nitrogens with one attached hydrogen (secondary N) is 2. The molecule has 0 spiro atoms. The highest BCUT2D eigenvalue weighted by Crippen LogP contribution is 2.17. The number of pyridine rings is 1. The molecule has 2 aromatic heterocycles. The molecule has 0 saturated carbocycles. The van der Waals surface area contributed by atoms with Gasteiger partial charge in [-0.15, -0.1) is 0 Å². The number of benzene rings is 1. The molecule has 0 fully saturated rings. The quantitative estimate of drug-likeness (QED) is 0.764. The number of urea groups is 1. The summed E-state index contributed by atoms with van der Waals surface area (Å²) in [4.78, 5) is 28.8. The molecule has 7 nitrogen and oxygen atoms in total. The Morgan fingerprint density at radius 3 is 2.64 bits per heavy atom. The van der Waals surface area contributed by atoms with Gasteiger partial charge in [-0.2, -0.15) is 9.97 Å². The van der Waals surface area contributed by atoms with Crippen LogP contribution in [0.1, 0.15) is 11.4 Å². The summed E-state index contributed by atoms with van der Waals surface area (Å²) in [5.41, 5.74) is 1.67. The van der Waals surface area contributed by atoms with E-state index >= 15 is 0 Å². The van der Waals surface area contributed by atoms with Gasteiger partial charge in [0.1, 0.15) is 17.3 Å². The number of hydrogen-bond acceptors (Lipinski definition) is 5. The molecule has 0 bridgehead atoms. The molecule has 1 aromatic carbocycles. The molecule has 2 amide bonds. The van der Waals surface area contributed by atoms with E-state index in [9.17, 15) is 9.18 Å². The van der Waals surface area contributed by atoms with Crippen molar-refractivity contribution in [3.8, 4) is 11.5 Å². The number of nitrogens with zero attached hydrogens (tertiary/aromatic N) is 4. The van der Waals surface area contributed by atoms with Crippen LogP contribution in [0.3, 0.4) is 0 Å². The van der Waals surface area contributed by atoms with Gasteiger partial charge < -0.3 is 5.32 Å². The maximum atomic E-state index is 13.3. The molecule has 8 heteroatoms. The summed E-state index contributed by atoms with van der Waals surface area (Å²) >= 11 is 0. The van der Waals surface area contributed by atoms with Gasteiger partial charge in [-0.1, -0.05) is 12.1 Å². The average molecular weight is 338 g/mol. The zero-order valence-corrected chi connectivity index (χ0v) is 13.6. The van der Waals surface area contributed by atoms with E-state index in [1.807, 2.05) is 6.07 Å². The van der Waals surface area contributed by atoms with E-state index in [4.69, 9.17) is 0 Å². The number of carbonyl (C=O) groups is 1. The summed E-state index contributed by atoms with van der Waals surface area (Å²) in [5, 5.41) is 5.10. The third-order valence-electron chi connectivity index (χ3n) is 3.31. The smallest absolute Gasteiger partial charge is 0.307 e. The van der Waals surface area contributed by atoms with Gasteiger partial charge in [0.25, 0.3) is 0 Å². The monoisotopic (exact) mass is 338 g/mol. The van der Waals surface area contributed by atoms with Crippen molar-refractivity contribution in [1.82, 2.24) is 19.9 Å². The first-order chi connectivity index (χ1) is 12.0. The molecule has 2 heterocycles. The van der Waals surface area contributed by atoms with Gasteiger partial charge in [-0.3, -0.25) is 10.3 Å². The number of aromatic nitrogens is 4. The van der Waals surface area contributed by atoms with Crippen molar-refractivity contribution in [2.75, 3.05) is 10.6 Å². The Morgan fingerprint density at radius 2 is 1.88 bits per heavy atom. The second-order valence-corrected chi connectivity index (χ2v) is 5.28. The minimum atomic E-state index is -0.578. The van der Waals surface area contributed by atoms with Gasteiger partial charge in [0.2, 0.25) is 5.95 Å². The number of rotatable bonds is 3. The van der Waals surface area contributed by atoms with Gasteiger partial charge in [0.05, 0.1) is 0 Å². The van der Waals surface area contributed by atoms with Crippen LogP contribution in [0, 0.1) is 19.7 Å². The maximum absolute atomic E-state index is 13.3. The van der Waals surface area contributed by atoms with Crippen molar-refractivity contribution < 1.29 is 9.18 Å². The van der Waals surface area contributed by atoms with E-state index in [1.165, 1.54) is 12.1 Å². The fraction of sp³-hybridized carbons (Fsp3) is 0.118. The zero-order chi connectivity index (χ0) is 17.8. The summed E-state index contributed by atoms with van der Waals surface area (Å²) in [6.45, 7) is 3.45. The minimum absolute atomic E-state index is 0.0831. The third-order valence-corrected chi connectivity index (χ3v) is 3.31. The number of anilines is 2. The van der Waals surface area contributed by atoms with E-state index in [-0.39, 0.29) is 5.95 Å². The van der Waals surface area contributed by atoms with Gasteiger partial charge in [-0.05, 0) is 43.7 Å². The number of hydrogen-bond donors (Lipinski definition) is 2. The van der Waals surface area contributed by atoms with Crippen molar-refractivity contribution in [1.29, 1.82) is 0 Å². The van der Waals surface area contributed by atoms with E-state index in [2.05, 4.69) is 30.6 Å². The summed E-state index contributed by atoms with van der Waals surface area (Å²) in [6, 6.07) is 8.93. The SMILES string of the molecule is Cc1nc(NC(=O)Nc2cc(F)ccc2C)nc(-c2ccccn2)n1. The normalized spacial score (nSPS) is 10.4. The van der Waals surface area contributed by atoms with E-state index in [0.29, 0.717) is 23.0 Å². The molecular weight excluding hydrogens is 323 g/mol. The Hall–Kier alpha value is -3.42. The van der Waals surface area contributed by atoms with Crippen molar-refractivity contribution >= 4 is 17.7 Å². The van der Waals surface area contributed by atoms with Crippen LogP contribution in [0.5, 0.6) is 0 Å². The first-order valence-electron chi connectivity index (χ1n) is 7.49. The molecule has 0 aliphatic rings. The molecule has 3 rings (SSSR count). The second-order valence-electron chi connectivity index (χ2n) is 5.28. The Bertz CT molecular complexity index is 916. The van der Waals surface area contributed by atoms with Crippen LogP contribution in [0.2, 0.25) is 0 Å². The standard InChI is InChI=1S/C17H15FN6O/c1-10-6-7-12(18)9-14(10)22-17(25)24-16-21-11(2)20-15(23-16)13-5-3-4-8-19-13/h3-9H,1-2H3,(H2,20,21,22,23,24,25). The largest absolute Gasteiger partial charge is 0.326 e. The molecule has 0 aliphatic heterocycles. The van der Waals surface area contributed by atoms with Crippen molar-refractivity contribution in [2.24, 2.45) is 0 Å². The summed E-state index contributed by atoms with van der Waals surface area (Å²) in [7, 11) is 0. The Labute approximate surface area is 143 Å². The molecule has 0 aliphatic carbocycles. The molecule has 25 heavy (non-hydrogen) atoms. The Balaban J connectivity index is 1.79. The van der Waals surface area contributed by atoms with Gasteiger partial charge in [0.15, 0.2) is 5.82 Å². The lowest BCUT2D eigenvalue weighted by Gasteiger charge is -2.10. The lowest BCUT2D eigenvalue weighted by atomic mass is 10.2. The van der Waals surface area contributed by atoms with Crippen LogP contribution in [0.15, 0.2) is 42.6 Å². The predicted molar refractivity (Wildman–Crippen MR) is 91.6 cm³/mol. The highest BCUT2D eigenvalue weighted by molar-refractivity contribution is 5.99. The molecule has 3 aromatic rings. The van der Waals surface area contributed by atoms with Crippen LogP contribution in [0.25, 0.3) is 11.5 Å². The fourth-order valence-corrected chi connectivity index (χ4v) is 2.13. The third kappa shape index (κ3) is 4.11. The Morgan fingerprint density at radius 1 is 1.04 bits per heavy atom. The van der Waals surface area contributed by atoms with E-state index < -0.39 is 11.8 Å². The topological polar surface area (TPSA) is 92.7 Å². The fourth-order valence-electron chi connectivity index (χ4n) is 2.13. The second kappa shape index (κ2) is 7.00. The molecule has 2 N–H and O–H groups in total. The number of halogens is 1. The average Bonchev–Trinajstić information content (AvgIpc) is 2.58.